The highest BCUT2D eigenvalue weighted by Gasteiger charge is 2.16. The van der Waals surface area contributed by atoms with Gasteiger partial charge < -0.3 is 19.7 Å². The molecule has 152 valence electrons. The molecule has 1 N–H and O–H groups in total. The molecule has 5 rings (SSSR count). The summed E-state index contributed by atoms with van der Waals surface area (Å²) in [6.07, 6.45) is 7.30. The average Bonchev–Trinajstić information content (AvgIpc) is 3.28. The Kier molecular flexibility index (Phi) is 4.93. The summed E-state index contributed by atoms with van der Waals surface area (Å²) in [4.78, 5) is 24.0. The smallest absolute Gasteiger partial charge is 0.255 e. The number of aromatic nitrogens is 2. The van der Waals surface area contributed by atoms with Gasteiger partial charge in [0.2, 0.25) is 12.7 Å². The summed E-state index contributed by atoms with van der Waals surface area (Å²) < 4.78 is 10.7. The number of benzene rings is 2. The Bertz CT molecular complexity index is 1060. The zero-order valence-corrected chi connectivity index (χ0v) is 16.5. The van der Waals surface area contributed by atoms with Crippen LogP contribution < -0.4 is 19.7 Å². The minimum atomic E-state index is -0.193. The number of carbonyl (C=O) groups excluding carboxylic acids is 1. The SMILES string of the molecule is O=C(Nc1ccc2c(c1)OCO2)c1cccc(-c2cnc(N3CCCCC3)nc2)c1. The summed E-state index contributed by atoms with van der Waals surface area (Å²) in [5.41, 5.74) is 3.00. The zero-order chi connectivity index (χ0) is 20.3. The monoisotopic (exact) mass is 402 g/mol. The molecule has 2 aromatic carbocycles. The third kappa shape index (κ3) is 3.78. The quantitative estimate of drug-likeness (QED) is 0.708. The summed E-state index contributed by atoms with van der Waals surface area (Å²) in [7, 11) is 0. The molecule has 1 aromatic heterocycles. The summed E-state index contributed by atoms with van der Waals surface area (Å²) in [6.45, 7) is 2.22. The van der Waals surface area contributed by atoms with Crippen molar-refractivity contribution in [2.24, 2.45) is 0 Å². The minimum Gasteiger partial charge on any atom is -0.454 e. The van der Waals surface area contributed by atoms with Gasteiger partial charge in [-0.2, -0.15) is 0 Å². The van der Waals surface area contributed by atoms with Gasteiger partial charge in [-0.25, -0.2) is 9.97 Å². The van der Waals surface area contributed by atoms with E-state index in [0.717, 1.165) is 30.2 Å². The number of anilines is 2. The van der Waals surface area contributed by atoms with Crippen molar-refractivity contribution in [3.8, 4) is 22.6 Å². The van der Waals surface area contributed by atoms with Gasteiger partial charge in [0.25, 0.3) is 5.91 Å². The molecule has 1 fully saturated rings. The predicted molar refractivity (Wildman–Crippen MR) is 114 cm³/mol. The lowest BCUT2D eigenvalue weighted by atomic mass is 10.1. The molecule has 0 unspecified atom stereocenters. The summed E-state index contributed by atoms with van der Waals surface area (Å²) >= 11 is 0. The first-order valence-corrected chi connectivity index (χ1v) is 10.1. The number of piperidine rings is 1. The number of hydrogen-bond acceptors (Lipinski definition) is 6. The number of hydrogen-bond donors (Lipinski definition) is 1. The van der Waals surface area contributed by atoms with E-state index < -0.39 is 0 Å². The minimum absolute atomic E-state index is 0.193. The first kappa shape index (κ1) is 18.4. The van der Waals surface area contributed by atoms with Crippen LogP contribution in [0.4, 0.5) is 11.6 Å². The molecule has 0 radical (unpaired) electrons. The Balaban J connectivity index is 1.31. The van der Waals surface area contributed by atoms with Crippen LogP contribution in [0.2, 0.25) is 0 Å². The van der Waals surface area contributed by atoms with E-state index in [-0.39, 0.29) is 12.7 Å². The maximum atomic E-state index is 12.7. The van der Waals surface area contributed by atoms with Crippen LogP contribution in [0.3, 0.4) is 0 Å². The normalized spacial score (nSPS) is 15.1. The molecular formula is C23H22N4O3. The molecule has 3 heterocycles. The molecular weight excluding hydrogens is 380 g/mol. The predicted octanol–water partition coefficient (Wildman–Crippen LogP) is 4.11. The molecule has 0 atom stereocenters. The number of rotatable bonds is 4. The van der Waals surface area contributed by atoms with Gasteiger partial charge in [0.15, 0.2) is 11.5 Å². The van der Waals surface area contributed by atoms with Gasteiger partial charge in [-0.15, -0.1) is 0 Å². The molecule has 7 heteroatoms. The van der Waals surface area contributed by atoms with Crippen molar-refractivity contribution in [3.63, 3.8) is 0 Å². The lowest BCUT2D eigenvalue weighted by Crippen LogP contribution is -2.30. The maximum Gasteiger partial charge on any atom is 0.255 e. The van der Waals surface area contributed by atoms with Crippen LogP contribution in [0.15, 0.2) is 54.9 Å². The van der Waals surface area contributed by atoms with Crippen LogP contribution >= 0.6 is 0 Å². The first-order valence-electron chi connectivity index (χ1n) is 10.1. The van der Waals surface area contributed by atoms with Gasteiger partial charge >= 0.3 is 0 Å². The van der Waals surface area contributed by atoms with Crippen molar-refractivity contribution in [2.75, 3.05) is 30.1 Å². The fraction of sp³-hybridized carbons (Fsp3) is 0.261. The molecule has 0 saturated carbocycles. The topological polar surface area (TPSA) is 76.6 Å². The van der Waals surface area contributed by atoms with Gasteiger partial charge in [0.05, 0.1) is 0 Å². The van der Waals surface area contributed by atoms with E-state index in [0.29, 0.717) is 22.7 Å². The standard InChI is InChI=1S/C23H22N4O3/c28-22(26-19-7-8-20-21(12-19)30-15-29-20)17-6-4-5-16(11-17)18-13-24-23(25-14-18)27-9-2-1-3-10-27/h4-8,11-14H,1-3,9-10,15H2,(H,26,28). The van der Waals surface area contributed by atoms with Crippen LogP contribution in [0.25, 0.3) is 11.1 Å². The molecule has 1 saturated heterocycles. The third-order valence-corrected chi connectivity index (χ3v) is 5.37. The van der Waals surface area contributed by atoms with Crippen molar-refractivity contribution < 1.29 is 14.3 Å². The van der Waals surface area contributed by atoms with Crippen LogP contribution in [-0.2, 0) is 0 Å². The second-order valence-corrected chi connectivity index (χ2v) is 7.42. The number of fused-ring (bicyclic) bond motifs is 1. The number of nitrogens with zero attached hydrogens (tertiary/aromatic N) is 3. The molecule has 0 bridgehead atoms. The number of nitrogens with one attached hydrogen (secondary N) is 1. The number of amides is 1. The first-order chi connectivity index (χ1) is 14.8. The van der Waals surface area contributed by atoms with Gasteiger partial charge in [-0.3, -0.25) is 4.79 Å². The molecule has 30 heavy (non-hydrogen) atoms. The summed E-state index contributed by atoms with van der Waals surface area (Å²) in [6, 6.07) is 12.8. The Hall–Kier alpha value is -3.61. The van der Waals surface area contributed by atoms with E-state index in [4.69, 9.17) is 9.47 Å². The molecule has 3 aromatic rings. The van der Waals surface area contributed by atoms with Gasteiger partial charge in [0.1, 0.15) is 0 Å². The molecule has 7 nitrogen and oxygen atoms in total. The highest BCUT2D eigenvalue weighted by molar-refractivity contribution is 6.05. The molecule has 0 aliphatic carbocycles. The summed E-state index contributed by atoms with van der Waals surface area (Å²) in [5, 5.41) is 2.91. The van der Waals surface area contributed by atoms with Crippen molar-refractivity contribution in [3.05, 3.63) is 60.4 Å². The van der Waals surface area contributed by atoms with Crippen LogP contribution in [0.1, 0.15) is 29.6 Å². The Morgan fingerprint density at radius 3 is 2.53 bits per heavy atom. The van der Waals surface area contributed by atoms with E-state index in [1.807, 2.05) is 30.6 Å². The van der Waals surface area contributed by atoms with Gasteiger partial charge in [-0.05, 0) is 49.1 Å². The second kappa shape index (κ2) is 8.02. The van der Waals surface area contributed by atoms with Crippen LogP contribution in [0, 0.1) is 0 Å². The number of carbonyl (C=O) groups is 1. The molecule has 2 aliphatic heterocycles. The highest BCUT2D eigenvalue weighted by atomic mass is 16.7. The van der Waals surface area contributed by atoms with E-state index >= 15 is 0 Å². The van der Waals surface area contributed by atoms with E-state index in [2.05, 4.69) is 20.2 Å². The van der Waals surface area contributed by atoms with Gasteiger partial charge in [-0.1, -0.05) is 12.1 Å². The van der Waals surface area contributed by atoms with Crippen molar-refractivity contribution in [1.29, 1.82) is 0 Å². The van der Waals surface area contributed by atoms with Crippen molar-refractivity contribution in [2.45, 2.75) is 19.3 Å². The Morgan fingerprint density at radius 1 is 0.900 bits per heavy atom. The Labute approximate surface area is 174 Å². The van der Waals surface area contributed by atoms with Crippen LogP contribution in [0.5, 0.6) is 11.5 Å². The lowest BCUT2D eigenvalue weighted by Gasteiger charge is -2.26. The fourth-order valence-electron chi connectivity index (χ4n) is 3.75. The molecule has 1 amide bonds. The zero-order valence-electron chi connectivity index (χ0n) is 16.5. The van der Waals surface area contributed by atoms with E-state index in [1.165, 1.54) is 19.3 Å². The second-order valence-electron chi connectivity index (χ2n) is 7.42. The fourth-order valence-corrected chi connectivity index (χ4v) is 3.75. The van der Waals surface area contributed by atoms with E-state index in [1.54, 1.807) is 24.3 Å². The molecule has 0 spiro atoms. The summed E-state index contributed by atoms with van der Waals surface area (Å²) in [5.74, 6) is 1.90. The third-order valence-electron chi connectivity index (χ3n) is 5.37. The molecule has 2 aliphatic rings. The maximum absolute atomic E-state index is 12.7. The average molecular weight is 402 g/mol. The number of ether oxygens (including phenoxy) is 2. The lowest BCUT2D eigenvalue weighted by molar-refractivity contribution is 0.102. The Morgan fingerprint density at radius 2 is 1.70 bits per heavy atom. The van der Waals surface area contributed by atoms with Crippen molar-refractivity contribution >= 4 is 17.5 Å². The highest BCUT2D eigenvalue weighted by Crippen LogP contribution is 2.34. The van der Waals surface area contributed by atoms with Crippen molar-refractivity contribution in [1.82, 2.24) is 9.97 Å². The van der Waals surface area contributed by atoms with E-state index in [9.17, 15) is 4.79 Å². The van der Waals surface area contributed by atoms with Gasteiger partial charge in [0, 0.05) is 48.4 Å². The van der Waals surface area contributed by atoms with Crippen LogP contribution in [-0.4, -0.2) is 35.8 Å². The largest absolute Gasteiger partial charge is 0.454 e.